The summed E-state index contributed by atoms with van der Waals surface area (Å²) in [6.45, 7) is 1.94. The van der Waals surface area contributed by atoms with Gasteiger partial charge in [-0.1, -0.05) is 37.3 Å². The summed E-state index contributed by atoms with van der Waals surface area (Å²) in [4.78, 5) is 0. The van der Waals surface area contributed by atoms with Crippen LogP contribution in [0.4, 0.5) is 0 Å². The molecule has 0 bridgehead atoms. The Balaban J connectivity index is 2.32. The van der Waals surface area contributed by atoms with Crippen LogP contribution in [0.3, 0.4) is 0 Å². The molecular formula is C15H15BrO2. The third kappa shape index (κ3) is 2.92. The molecule has 2 aromatic carbocycles. The lowest BCUT2D eigenvalue weighted by atomic mass is 10.1. The van der Waals surface area contributed by atoms with Crippen molar-refractivity contribution in [2.45, 2.75) is 19.4 Å². The average Bonchev–Trinajstić information content (AvgIpc) is 2.41. The van der Waals surface area contributed by atoms with Crippen LogP contribution in [0.15, 0.2) is 53.0 Å². The molecule has 2 nitrogen and oxygen atoms in total. The lowest BCUT2D eigenvalue weighted by Crippen LogP contribution is -1.98. The van der Waals surface area contributed by atoms with Gasteiger partial charge in [0.25, 0.3) is 0 Å². The van der Waals surface area contributed by atoms with Gasteiger partial charge in [0.15, 0.2) is 0 Å². The molecule has 1 atom stereocenters. The normalized spacial score (nSPS) is 12.2. The highest BCUT2D eigenvalue weighted by atomic mass is 79.9. The van der Waals surface area contributed by atoms with Crippen molar-refractivity contribution < 1.29 is 9.84 Å². The topological polar surface area (TPSA) is 29.5 Å². The Hall–Kier alpha value is -1.32. The molecule has 2 aromatic rings. The number of rotatable bonds is 4. The number of benzene rings is 2. The van der Waals surface area contributed by atoms with Crippen molar-refractivity contribution in [2.75, 3.05) is 0 Å². The van der Waals surface area contributed by atoms with Crippen molar-refractivity contribution >= 4 is 15.9 Å². The molecule has 18 heavy (non-hydrogen) atoms. The van der Waals surface area contributed by atoms with Gasteiger partial charge in [0.1, 0.15) is 11.5 Å². The van der Waals surface area contributed by atoms with Crippen LogP contribution in [0.2, 0.25) is 0 Å². The molecule has 0 unspecified atom stereocenters. The van der Waals surface area contributed by atoms with Crippen molar-refractivity contribution in [1.82, 2.24) is 0 Å². The Labute approximate surface area is 115 Å². The van der Waals surface area contributed by atoms with E-state index in [0.717, 1.165) is 15.8 Å². The van der Waals surface area contributed by atoms with Crippen LogP contribution in [-0.2, 0) is 0 Å². The van der Waals surface area contributed by atoms with Crippen molar-refractivity contribution in [1.29, 1.82) is 0 Å². The second kappa shape index (κ2) is 6.03. The van der Waals surface area contributed by atoms with Gasteiger partial charge in [-0.05, 0) is 40.5 Å². The van der Waals surface area contributed by atoms with Gasteiger partial charge in [0.05, 0.1) is 10.6 Å². The van der Waals surface area contributed by atoms with Crippen LogP contribution in [-0.4, -0.2) is 5.11 Å². The number of hydrogen-bond donors (Lipinski definition) is 1. The third-order valence-corrected chi connectivity index (χ3v) is 3.38. The molecule has 0 spiro atoms. The van der Waals surface area contributed by atoms with Crippen LogP contribution in [0, 0.1) is 0 Å². The molecule has 94 valence electrons. The Kier molecular flexibility index (Phi) is 4.39. The van der Waals surface area contributed by atoms with Crippen LogP contribution >= 0.6 is 15.9 Å². The number of para-hydroxylation sites is 2. The minimum absolute atomic E-state index is 0.497. The molecule has 0 saturated heterocycles. The maximum Gasteiger partial charge on any atom is 0.141 e. The first-order valence-electron chi connectivity index (χ1n) is 5.91. The third-order valence-electron chi connectivity index (χ3n) is 2.72. The highest BCUT2D eigenvalue weighted by Gasteiger charge is 2.12. The van der Waals surface area contributed by atoms with Gasteiger partial charge >= 0.3 is 0 Å². The van der Waals surface area contributed by atoms with Gasteiger partial charge in [-0.25, -0.2) is 0 Å². The lowest BCUT2D eigenvalue weighted by Gasteiger charge is -2.15. The predicted molar refractivity (Wildman–Crippen MR) is 75.9 cm³/mol. The molecule has 0 aromatic heterocycles. The fraction of sp³-hybridized carbons (Fsp3) is 0.200. The van der Waals surface area contributed by atoms with Gasteiger partial charge in [-0.15, -0.1) is 0 Å². The molecule has 0 heterocycles. The molecule has 1 N–H and O–H groups in total. The van der Waals surface area contributed by atoms with E-state index in [1.165, 1.54) is 0 Å². The van der Waals surface area contributed by atoms with Crippen molar-refractivity contribution in [2.24, 2.45) is 0 Å². The molecule has 0 aliphatic carbocycles. The summed E-state index contributed by atoms with van der Waals surface area (Å²) in [6, 6.07) is 15.2. The largest absolute Gasteiger partial charge is 0.456 e. The van der Waals surface area contributed by atoms with E-state index in [1.807, 2.05) is 55.5 Å². The van der Waals surface area contributed by atoms with Gasteiger partial charge in [-0.2, -0.15) is 0 Å². The van der Waals surface area contributed by atoms with Crippen molar-refractivity contribution in [3.63, 3.8) is 0 Å². The van der Waals surface area contributed by atoms with Crippen LogP contribution in [0.5, 0.6) is 11.5 Å². The highest BCUT2D eigenvalue weighted by molar-refractivity contribution is 9.10. The van der Waals surface area contributed by atoms with Gasteiger partial charge < -0.3 is 9.84 Å². The summed E-state index contributed by atoms with van der Waals surface area (Å²) in [7, 11) is 0. The van der Waals surface area contributed by atoms with Crippen LogP contribution in [0.25, 0.3) is 0 Å². The smallest absolute Gasteiger partial charge is 0.141 e. The van der Waals surface area contributed by atoms with Gasteiger partial charge in [0, 0.05) is 5.56 Å². The summed E-state index contributed by atoms with van der Waals surface area (Å²) in [6.07, 6.45) is 0.166. The highest BCUT2D eigenvalue weighted by Crippen LogP contribution is 2.34. The molecule has 2 rings (SSSR count). The van der Waals surface area contributed by atoms with Gasteiger partial charge in [-0.3, -0.25) is 0 Å². The van der Waals surface area contributed by atoms with E-state index in [4.69, 9.17) is 4.74 Å². The summed E-state index contributed by atoms with van der Waals surface area (Å²) in [5.74, 6) is 1.44. The van der Waals surface area contributed by atoms with Crippen molar-refractivity contribution in [3.8, 4) is 11.5 Å². The number of hydrogen-bond acceptors (Lipinski definition) is 2. The van der Waals surface area contributed by atoms with E-state index < -0.39 is 6.10 Å². The average molecular weight is 307 g/mol. The molecule has 0 radical (unpaired) electrons. The summed E-state index contributed by atoms with van der Waals surface area (Å²) >= 11 is 3.44. The van der Waals surface area contributed by atoms with E-state index in [-0.39, 0.29) is 0 Å². The van der Waals surface area contributed by atoms with E-state index in [9.17, 15) is 5.11 Å². The minimum atomic E-state index is -0.497. The van der Waals surface area contributed by atoms with Crippen molar-refractivity contribution in [3.05, 3.63) is 58.6 Å². The maximum absolute atomic E-state index is 9.97. The Morgan fingerprint density at radius 2 is 1.67 bits per heavy atom. The van der Waals surface area contributed by atoms with Gasteiger partial charge in [0.2, 0.25) is 0 Å². The molecule has 0 amide bonds. The SMILES string of the molecule is CC[C@H](O)c1ccccc1Oc1ccccc1Br. The Morgan fingerprint density at radius 3 is 2.33 bits per heavy atom. The molecule has 3 heteroatoms. The summed E-state index contributed by atoms with van der Waals surface area (Å²) in [5.41, 5.74) is 0.816. The van der Waals surface area contributed by atoms with Crippen LogP contribution < -0.4 is 4.74 Å². The first kappa shape index (κ1) is 13.1. The fourth-order valence-electron chi connectivity index (χ4n) is 1.71. The quantitative estimate of drug-likeness (QED) is 0.888. The second-order valence-electron chi connectivity index (χ2n) is 3.99. The fourth-order valence-corrected chi connectivity index (χ4v) is 2.08. The maximum atomic E-state index is 9.97. The predicted octanol–water partition coefficient (Wildman–Crippen LogP) is 4.68. The number of aliphatic hydroxyl groups is 1. The molecular weight excluding hydrogens is 292 g/mol. The van der Waals surface area contributed by atoms with E-state index in [1.54, 1.807) is 0 Å². The minimum Gasteiger partial charge on any atom is -0.456 e. The number of aliphatic hydroxyl groups excluding tert-OH is 1. The Morgan fingerprint density at radius 1 is 1.06 bits per heavy atom. The first-order valence-corrected chi connectivity index (χ1v) is 6.71. The second-order valence-corrected chi connectivity index (χ2v) is 4.85. The van der Waals surface area contributed by atoms with Crippen LogP contribution in [0.1, 0.15) is 25.0 Å². The first-order chi connectivity index (χ1) is 8.72. The molecule has 0 aliphatic heterocycles. The zero-order valence-corrected chi connectivity index (χ0v) is 11.7. The van der Waals surface area contributed by atoms with E-state index >= 15 is 0 Å². The summed E-state index contributed by atoms with van der Waals surface area (Å²) in [5, 5.41) is 9.97. The van der Waals surface area contributed by atoms with E-state index in [0.29, 0.717) is 12.2 Å². The molecule has 0 aliphatic rings. The number of ether oxygens (including phenoxy) is 1. The zero-order valence-electron chi connectivity index (χ0n) is 10.1. The monoisotopic (exact) mass is 306 g/mol. The Bertz CT molecular complexity index is 525. The summed E-state index contributed by atoms with van der Waals surface area (Å²) < 4.78 is 6.75. The molecule has 0 saturated carbocycles. The lowest BCUT2D eigenvalue weighted by molar-refractivity contribution is 0.170. The molecule has 0 fully saturated rings. The standard InChI is InChI=1S/C15H15BrO2/c1-2-13(17)11-7-3-5-9-14(11)18-15-10-6-4-8-12(15)16/h3-10,13,17H,2H2,1H3/t13-/m0/s1. The number of halogens is 1. The van der Waals surface area contributed by atoms with E-state index in [2.05, 4.69) is 15.9 Å². The zero-order chi connectivity index (χ0) is 13.0.